The van der Waals surface area contributed by atoms with Crippen LogP contribution in [0.5, 0.6) is 0 Å². The van der Waals surface area contributed by atoms with Gasteiger partial charge in [-0.05, 0) is 61.6 Å². The van der Waals surface area contributed by atoms with Crippen LogP contribution in [0.1, 0.15) is 45.4 Å². The van der Waals surface area contributed by atoms with Crippen LogP contribution < -0.4 is 0 Å². The molecule has 3 rings (SSSR count). The van der Waals surface area contributed by atoms with Crippen LogP contribution in [0.3, 0.4) is 0 Å². The molecule has 0 saturated heterocycles. The summed E-state index contributed by atoms with van der Waals surface area (Å²) in [5.74, 6) is 0. The molecule has 1 N–H and O–H groups in total. The molecular formula is C23H25N. The molecular weight excluding hydrogens is 290 g/mol. The van der Waals surface area contributed by atoms with Gasteiger partial charge in [0, 0.05) is 22.2 Å². The van der Waals surface area contributed by atoms with Crippen LogP contribution in [0.15, 0.2) is 60.7 Å². The molecule has 3 aromatic rings. The fourth-order valence-corrected chi connectivity index (χ4v) is 3.42. The van der Waals surface area contributed by atoms with Crippen LogP contribution in [-0.4, -0.2) is 4.98 Å². The topological polar surface area (TPSA) is 15.8 Å². The number of aromatic nitrogens is 1. The summed E-state index contributed by atoms with van der Waals surface area (Å²) >= 11 is 0. The van der Waals surface area contributed by atoms with Crippen LogP contribution in [0.4, 0.5) is 0 Å². The third-order valence-electron chi connectivity index (χ3n) is 4.59. The van der Waals surface area contributed by atoms with Crippen molar-refractivity contribution in [2.75, 3.05) is 0 Å². The Morgan fingerprint density at radius 2 is 1.67 bits per heavy atom. The van der Waals surface area contributed by atoms with Crippen molar-refractivity contribution in [2.24, 2.45) is 0 Å². The highest BCUT2D eigenvalue weighted by Gasteiger charge is 2.16. The number of nitrogens with one attached hydrogen (secondary N) is 1. The first-order valence-electron chi connectivity index (χ1n) is 8.56. The van der Waals surface area contributed by atoms with E-state index in [1.807, 2.05) is 0 Å². The summed E-state index contributed by atoms with van der Waals surface area (Å²) in [6.45, 7) is 12.9. The smallest absolute Gasteiger partial charge is 0.0491 e. The Balaban J connectivity index is 2.32. The third-order valence-corrected chi connectivity index (χ3v) is 4.59. The minimum Gasteiger partial charge on any atom is -0.354 e. The van der Waals surface area contributed by atoms with E-state index >= 15 is 0 Å². The number of allylic oxidation sites excluding steroid dienone is 3. The number of H-pyrrole nitrogens is 1. The van der Waals surface area contributed by atoms with Crippen molar-refractivity contribution in [3.63, 3.8) is 0 Å². The summed E-state index contributed by atoms with van der Waals surface area (Å²) in [5, 5.41) is 1.28. The SMILES string of the molecule is C=C(C)c1[nH]c2ccc(-c3ccccc3)cc2c1C(CC)=C(C)C. The van der Waals surface area contributed by atoms with Gasteiger partial charge >= 0.3 is 0 Å². The zero-order valence-corrected chi connectivity index (χ0v) is 15.0. The highest BCUT2D eigenvalue weighted by Crippen LogP contribution is 2.37. The first kappa shape index (κ1) is 16.3. The summed E-state index contributed by atoms with van der Waals surface area (Å²) in [4.78, 5) is 3.58. The second kappa shape index (κ2) is 6.52. The largest absolute Gasteiger partial charge is 0.354 e. The number of rotatable bonds is 4. The maximum Gasteiger partial charge on any atom is 0.0491 e. The van der Waals surface area contributed by atoms with E-state index in [1.54, 1.807) is 0 Å². The molecule has 0 bridgehead atoms. The molecule has 0 fully saturated rings. The monoisotopic (exact) mass is 315 g/mol. The van der Waals surface area contributed by atoms with Crippen LogP contribution in [0.2, 0.25) is 0 Å². The molecule has 1 aromatic heterocycles. The van der Waals surface area contributed by atoms with Gasteiger partial charge in [-0.1, -0.05) is 55.5 Å². The van der Waals surface area contributed by atoms with Gasteiger partial charge in [0.25, 0.3) is 0 Å². The molecule has 0 aliphatic rings. The highest BCUT2D eigenvalue weighted by atomic mass is 14.7. The van der Waals surface area contributed by atoms with E-state index in [0.717, 1.165) is 17.7 Å². The van der Waals surface area contributed by atoms with Crippen molar-refractivity contribution >= 4 is 22.0 Å². The van der Waals surface area contributed by atoms with Crippen molar-refractivity contribution in [3.8, 4) is 11.1 Å². The highest BCUT2D eigenvalue weighted by molar-refractivity contribution is 6.00. The van der Waals surface area contributed by atoms with Gasteiger partial charge in [-0.25, -0.2) is 0 Å². The quantitative estimate of drug-likeness (QED) is 0.530. The Hall–Kier alpha value is -2.54. The second-order valence-electron chi connectivity index (χ2n) is 6.61. The molecule has 0 aliphatic heterocycles. The summed E-state index contributed by atoms with van der Waals surface area (Å²) < 4.78 is 0. The van der Waals surface area contributed by atoms with Gasteiger partial charge in [-0.2, -0.15) is 0 Å². The Bertz CT molecular complexity index is 919. The van der Waals surface area contributed by atoms with Gasteiger partial charge in [0.05, 0.1) is 0 Å². The molecule has 0 saturated carbocycles. The van der Waals surface area contributed by atoms with Crippen molar-refractivity contribution in [1.82, 2.24) is 4.98 Å². The molecule has 0 atom stereocenters. The molecule has 0 aliphatic carbocycles. The van der Waals surface area contributed by atoms with Gasteiger partial charge < -0.3 is 4.98 Å². The van der Waals surface area contributed by atoms with Gasteiger partial charge in [-0.15, -0.1) is 0 Å². The molecule has 1 nitrogen and oxygen atoms in total. The fraction of sp³-hybridized carbons (Fsp3) is 0.217. The van der Waals surface area contributed by atoms with E-state index in [-0.39, 0.29) is 0 Å². The lowest BCUT2D eigenvalue weighted by molar-refractivity contribution is 1.19. The van der Waals surface area contributed by atoms with Gasteiger partial charge in [0.2, 0.25) is 0 Å². The van der Waals surface area contributed by atoms with Crippen LogP contribution >= 0.6 is 0 Å². The van der Waals surface area contributed by atoms with Crippen LogP contribution in [0, 0.1) is 0 Å². The van der Waals surface area contributed by atoms with Gasteiger partial charge in [0.15, 0.2) is 0 Å². The third kappa shape index (κ3) is 2.82. The number of aromatic amines is 1. The lowest BCUT2D eigenvalue weighted by Crippen LogP contribution is -1.90. The Labute approximate surface area is 144 Å². The summed E-state index contributed by atoms with van der Waals surface area (Å²) in [6, 6.07) is 17.2. The molecule has 0 unspecified atom stereocenters. The Morgan fingerprint density at radius 1 is 0.958 bits per heavy atom. The van der Waals surface area contributed by atoms with Gasteiger partial charge in [-0.3, -0.25) is 0 Å². The standard InChI is InChI=1S/C23H25N/c1-6-19(15(2)3)22-20-14-18(17-10-8-7-9-11-17)12-13-21(20)24-23(22)16(4)5/h7-14,24H,4,6H2,1-3,5H3. The Kier molecular flexibility index (Phi) is 4.44. The van der Waals surface area contributed by atoms with Crippen LogP contribution in [-0.2, 0) is 0 Å². The minimum atomic E-state index is 1.02. The van der Waals surface area contributed by atoms with E-state index in [9.17, 15) is 0 Å². The maximum absolute atomic E-state index is 4.18. The van der Waals surface area contributed by atoms with Crippen molar-refractivity contribution in [1.29, 1.82) is 0 Å². The normalized spacial score (nSPS) is 10.8. The minimum absolute atomic E-state index is 1.02. The summed E-state index contributed by atoms with van der Waals surface area (Å²) in [7, 11) is 0. The van der Waals surface area contributed by atoms with E-state index in [1.165, 1.54) is 38.7 Å². The first-order chi connectivity index (χ1) is 11.5. The van der Waals surface area contributed by atoms with Gasteiger partial charge in [0.1, 0.15) is 0 Å². The van der Waals surface area contributed by atoms with Crippen LogP contribution in [0.25, 0.3) is 33.2 Å². The molecule has 24 heavy (non-hydrogen) atoms. The molecule has 1 heterocycles. The average Bonchev–Trinajstić information content (AvgIpc) is 2.95. The van der Waals surface area contributed by atoms with E-state index < -0.39 is 0 Å². The summed E-state index contributed by atoms with van der Waals surface area (Å²) in [6.07, 6.45) is 1.02. The number of hydrogen-bond acceptors (Lipinski definition) is 0. The molecule has 122 valence electrons. The summed E-state index contributed by atoms with van der Waals surface area (Å²) in [5.41, 5.74) is 10.0. The zero-order chi connectivity index (χ0) is 17.3. The molecule has 1 heteroatoms. The molecule has 0 spiro atoms. The molecule has 0 amide bonds. The molecule has 2 aromatic carbocycles. The molecule has 0 radical (unpaired) electrons. The number of fused-ring (bicyclic) bond motifs is 1. The van der Waals surface area contributed by atoms with E-state index in [2.05, 4.69) is 87.8 Å². The lowest BCUT2D eigenvalue weighted by atomic mass is 9.93. The number of hydrogen-bond donors (Lipinski definition) is 1. The van der Waals surface area contributed by atoms with E-state index in [0.29, 0.717) is 0 Å². The maximum atomic E-state index is 4.18. The van der Waals surface area contributed by atoms with Crippen molar-refractivity contribution in [2.45, 2.75) is 34.1 Å². The average molecular weight is 315 g/mol. The predicted octanol–water partition coefficient (Wildman–Crippen LogP) is 7.07. The first-order valence-corrected chi connectivity index (χ1v) is 8.56. The second-order valence-corrected chi connectivity index (χ2v) is 6.61. The zero-order valence-electron chi connectivity index (χ0n) is 15.0. The van der Waals surface area contributed by atoms with E-state index in [4.69, 9.17) is 0 Å². The van der Waals surface area contributed by atoms with Crippen molar-refractivity contribution in [3.05, 3.63) is 71.9 Å². The number of benzene rings is 2. The predicted molar refractivity (Wildman–Crippen MR) is 107 cm³/mol. The fourth-order valence-electron chi connectivity index (χ4n) is 3.42. The van der Waals surface area contributed by atoms with Crippen molar-refractivity contribution < 1.29 is 0 Å². The lowest BCUT2D eigenvalue weighted by Gasteiger charge is -2.11. The Morgan fingerprint density at radius 3 is 2.25 bits per heavy atom.